The van der Waals surface area contributed by atoms with E-state index in [4.69, 9.17) is 21.4 Å². The molecule has 0 unspecified atom stereocenters. The molecule has 16 heavy (non-hydrogen) atoms. The summed E-state index contributed by atoms with van der Waals surface area (Å²) in [5.41, 5.74) is 0.512. The molecule has 1 rings (SSSR count). The van der Waals surface area contributed by atoms with E-state index in [1.807, 2.05) is 18.0 Å². The highest BCUT2D eigenvalue weighted by atomic mass is 35.5. The first-order valence-electron chi connectivity index (χ1n) is 5.15. The van der Waals surface area contributed by atoms with Crippen molar-refractivity contribution in [2.75, 3.05) is 32.2 Å². The lowest BCUT2D eigenvalue weighted by Gasteiger charge is -2.18. The summed E-state index contributed by atoms with van der Waals surface area (Å²) in [5.74, 6) is 0.810. The molecular formula is C11H17ClN2O2. The van der Waals surface area contributed by atoms with E-state index >= 15 is 0 Å². The van der Waals surface area contributed by atoms with E-state index in [-0.39, 0.29) is 6.61 Å². The number of methoxy groups -OCH3 is 1. The van der Waals surface area contributed by atoms with Crippen LogP contribution in [0.2, 0.25) is 5.02 Å². The molecule has 0 aliphatic heterocycles. The van der Waals surface area contributed by atoms with Crippen molar-refractivity contribution in [2.24, 2.45) is 0 Å². The van der Waals surface area contributed by atoms with Crippen molar-refractivity contribution in [1.82, 2.24) is 4.98 Å². The number of hydrogen-bond acceptors (Lipinski definition) is 4. The van der Waals surface area contributed by atoms with Crippen molar-refractivity contribution in [1.29, 1.82) is 0 Å². The fraction of sp³-hybridized carbons (Fsp3) is 0.545. The number of rotatable bonds is 6. The van der Waals surface area contributed by atoms with Crippen molar-refractivity contribution in [2.45, 2.75) is 13.0 Å². The van der Waals surface area contributed by atoms with Gasteiger partial charge in [0.2, 0.25) is 0 Å². The lowest BCUT2D eigenvalue weighted by Crippen LogP contribution is -2.21. The summed E-state index contributed by atoms with van der Waals surface area (Å²) >= 11 is 5.87. The lowest BCUT2D eigenvalue weighted by atomic mass is 10.3. The average Bonchev–Trinajstić information content (AvgIpc) is 2.30. The number of aromatic nitrogens is 1. The minimum Gasteiger partial charge on any atom is -0.390 e. The highest BCUT2D eigenvalue weighted by molar-refractivity contribution is 6.31. The second kappa shape index (κ2) is 6.68. The number of aliphatic hydroxyl groups excluding tert-OH is 1. The first kappa shape index (κ1) is 13.2. The summed E-state index contributed by atoms with van der Waals surface area (Å²) < 4.78 is 4.98. The molecule has 0 aliphatic rings. The Balaban J connectivity index is 2.64. The van der Waals surface area contributed by atoms with Gasteiger partial charge in [-0.25, -0.2) is 4.98 Å². The second-order valence-corrected chi connectivity index (χ2v) is 3.93. The Kier molecular flexibility index (Phi) is 5.52. The van der Waals surface area contributed by atoms with Crippen LogP contribution in [0.1, 0.15) is 12.1 Å². The van der Waals surface area contributed by atoms with Gasteiger partial charge in [0, 0.05) is 27.3 Å². The Morgan fingerprint density at radius 1 is 1.50 bits per heavy atom. The maximum absolute atomic E-state index is 9.05. The quantitative estimate of drug-likeness (QED) is 0.774. The van der Waals surface area contributed by atoms with Crippen LogP contribution in [-0.4, -0.2) is 37.4 Å². The molecule has 0 radical (unpaired) electrons. The number of nitrogens with zero attached hydrogens (tertiary/aromatic N) is 2. The summed E-state index contributed by atoms with van der Waals surface area (Å²) in [4.78, 5) is 6.28. The first-order valence-corrected chi connectivity index (χ1v) is 5.53. The molecule has 0 amide bonds. The predicted molar refractivity (Wildman–Crippen MR) is 64.9 cm³/mol. The van der Waals surface area contributed by atoms with E-state index in [1.54, 1.807) is 13.2 Å². The molecule has 1 heterocycles. The van der Waals surface area contributed by atoms with Gasteiger partial charge in [0.25, 0.3) is 0 Å². The molecular weight excluding hydrogens is 228 g/mol. The van der Waals surface area contributed by atoms with E-state index in [2.05, 4.69) is 4.98 Å². The molecule has 0 bridgehead atoms. The van der Waals surface area contributed by atoms with Gasteiger partial charge in [0.05, 0.1) is 17.3 Å². The Bertz CT molecular complexity index is 334. The van der Waals surface area contributed by atoms with E-state index in [0.717, 1.165) is 25.4 Å². The van der Waals surface area contributed by atoms with Crippen LogP contribution in [0.5, 0.6) is 0 Å². The summed E-state index contributed by atoms with van der Waals surface area (Å²) in [6.07, 6.45) is 0.936. The van der Waals surface area contributed by atoms with Crippen molar-refractivity contribution >= 4 is 17.4 Å². The molecule has 0 saturated carbocycles. The Hall–Kier alpha value is -0.840. The molecule has 5 heteroatoms. The SMILES string of the molecule is COCCCN(C)c1ccc(Cl)c(CO)n1. The molecule has 1 aromatic heterocycles. The largest absolute Gasteiger partial charge is 0.390 e. The normalized spacial score (nSPS) is 10.5. The van der Waals surface area contributed by atoms with Gasteiger partial charge in [-0.1, -0.05) is 11.6 Å². The van der Waals surface area contributed by atoms with E-state index in [9.17, 15) is 0 Å². The van der Waals surface area contributed by atoms with Crippen molar-refractivity contribution < 1.29 is 9.84 Å². The van der Waals surface area contributed by atoms with Gasteiger partial charge < -0.3 is 14.7 Å². The van der Waals surface area contributed by atoms with Crippen LogP contribution >= 0.6 is 11.6 Å². The zero-order valence-corrected chi connectivity index (χ0v) is 10.4. The maximum atomic E-state index is 9.05. The van der Waals surface area contributed by atoms with Crippen LogP contribution in [0.4, 0.5) is 5.82 Å². The maximum Gasteiger partial charge on any atom is 0.128 e. The van der Waals surface area contributed by atoms with E-state index in [1.165, 1.54) is 0 Å². The number of hydrogen-bond donors (Lipinski definition) is 1. The fourth-order valence-electron chi connectivity index (χ4n) is 1.36. The number of ether oxygens (including phenoxy) is 1. The van der Waals surface area contributed by atoms with Gasteiger partial charge in [0.1, 0.15) is 5.82 Å². The molecule has 0 atom stereocenters. The molecule has 0 aliphatic carbocycles. The van der Waals surface area contributed by atoms with Crippen LogP contribution in [0.25, 0.3) is 0 Å². The summed E-state index contributed by atoms with van der Waals surface area (Å²) in [6, 6.07) is 3.59. The third-order valence-electron chi connectivity index (χ3n) is 2.29. The standard InChI is InChI=1S/C11H17ClN2O2/c1-14(6-3-7-16-2)11-5-4-9(12)10(8-15)13-11/h4-5,15H,3,6-8H2,1-2H3. The molecule has 90 valence electrons. The molecule has 0 spiro atoms. The number of halogens is 1. The molecule has 4 nitrogen and oxygen atoms in total. The van der Waals surface area contributed by atoms with Crippen LogP contribution in [0, 0.1) is 0 Å². The third-order valence-corrected chi connectivity index (χ3v) is 2.63. The lowest BCUT2D eigenvalue weighted by molar-refractivity contribution is 0.196. The minimum atomic E-state index is -0.140. The Labute approximate surface area is 101 Å². The molecule has 1 aromatic rings. The van der Waals surface area contributed by atoms with Gasteiger partial charge in [-0.05, 0) is 18.6 Å². The van der Waals surface area contributed by atoms with Crippen molar-refractivity contribution in [3.63, 3.8) is 0 Å². The average molecular weight is 245 g/mol. The second-order valence-electron chi connectivity index (χ2n) is 3.52. The zero-order valence-electron chi connectivity index (χ0n) is 9.61. The van der Waals surface area contributed by atoms with Gasteiger partial charge in [-0.15, -0.1) is 0 Å². The summed E-state index contributed by atoms with van der Waals surface area (Å²) in [7, 11) is 3.64. The first-order chi connectivity index (χ1) is 7.69. The summed E-state index contributed by atoms with van der Waals surface area (Å²) in [6.45, 7) is 1.44. The van der Waals surface area contributed by atoms with Crippen LogP contribution in [0.3, 0.4) is 0 Å². The van der Waals surface area contributed by atoms with Gasteiger partial charge in [0.15, 0.2) is 0 Å². The molecule has 0 saturated heterocycles. The summed E-state index contributed by atoms with van der Waals surface area (Å²) in [5, 5.41) is 9.55. The minimum absolute atomic E-state index is 0.140. The van der Waals surface area contributed by atoms with Gasteiger partial charge >= 0.3 is 0 Å². The molecule has 0 fully saturated rings. The van der Waals surface area contributed by atoms with Gasteiger partial charge in [-0.3, -0.25) is 0 Å². The third kappa shape index (κ3) is 3.63. The van der Waals surface area contributed by atoms with E-state index in [0.29, 0.717) is 10.7 Å². The fourth-order valence-corrected chi connectivity index (χ4v) is 1.52. The van der Waals surface area contributed by atoms with Crippen LogP contribution in [0.15, 0.2) is 12.1 Å². The highest BCUT2D eigenvalue weighted by Crippen LogP contribution is 2.18. The monoisotopic (exact) mass is 244 g/mol. The predicted octanol–water partition coefficient (Wildman–Crippen LogP) is 1.70. The molecule has 1 N–H and O–H groups in total. The topological polar surface area (TPSA) is 45.6 Å². The highest BCUT2D eigenvalue weighted by Gasteiger charge is 2.06. The number of anilines is 1. The zero-order chi connectivity index (χ0) is 12.0. The Morgan fingerprint density at radius 2 is 2.25 bits per heavy atom. The van der Waals surface area contributed by atoms with Crippen molar-refractivity contribution in [3.8, 4) is 0 Å². The molecule has 0 aromatic carbocycles. The smallest absolute Gasteiger partial charge is 0.128 e. The number of aliphatic hydroxyl groups is 1. The van der Waals surface area contributed by atoms with Crippen molar-refractivity contribution in [3.05, 3.63) is 22.8 Å². The van der Waals surface area contributed by atoms with E-state index < -0.39 is 0 Å². The number of pyridine rings is 1. The van der Waals surface area contributed by atoms with Crippen LogP contribution in [-0.2, 0) is 11.3 Å². The van der Waals surface area contributed by atoms with Gasteiger partial charge in [-0.2, -0.15) is 0 Å². The van der Waals surface area contributed by atoms with Crippen LogP contribution < -0.4 is 4.90 Å². The Morgan fingerprint density at radius 3 is 2.88 bits per heavy atom.